The molecule has 0 unspecified atom stereocenters. The summed E-state index contributed by atoms with van der Waals surface area (Å²) in [5.41, 5.74) is -0.160. The molecule has 1 aliphatic rings. The van der Waals surface area contributed by atoms with E-state index in [1.807, 2.05) is 0 Å². The molecule has 1 heterocycles. The molecular weight excluding hydrogens is 286 g/mol. The number of benzene rings is 1. The van der Waals surface area contributed by atoms with Gasteiger partial charge in [0.25, 0.3) is 0 Å². The molecule has 1 aromatic rings. The molecule has 2 rings (SSSR count). The van der Waals surface area contributed by atoms with Crippen molar-refractivity contribution < 1.29 is 18.7 Å². The van der Waals surface area contributed by atoms with Crippen molar-refractivity contribution >= 4 is 31.0 Å². The first-order valence-corrected chi connectivity index (χ1v) is 7.01. The molecule has 116 valence electrons. The number of amides is 2. The van der Waals surface area contributed by atoms with Crippen LogP contribution in [0.4, 0.5) is 14.9 Å². The van der Waals surface area contributed by atoms with E-state index >= 15 is 0 Å². The topological polar surface area (TPSA) is 49.9 Å². The zero-order valence-electron chi connectivity index (χ0n) is 12.9. The van der Waals surface area contributed by atoms with Gasteiger partial charge in [0.15, 0.2) is 0 Å². The molecule has 1 saturated heterocycles. The highest BCUT2D eigenvalue weighted by Crippen LogP contribution is 2.22. The molecule has 0 aliphatic carbocycles. The first-order chi connectivity index (χ1) is 10.2. The normalized spacial score (nSPS) is 15.4. The molecule has 1 aliphatic heterocycles. The third-order valence-electron chi connectivity index (χ3n) is 3.10. The Bertz CT molecular complexity index is 601. The summed E-state index contributed by atoms with van der Waals surface area (Å²) in [6.45, 7) is 5.76. The SMILES string of the molecule is [B]c1ccc(N2CCN(CC(=O)OC(C)(C)C)C2=O)c(F)c1. The summed E-state index contributed by atoms with van der Waals surface area (Å²) in [5.74, 6) is -1.05. The van der Waals surface area contributed by atoms with Gasteiger partial charge < -0.3 is 9.64 Å². The lowest BCUT2D eigenvalue weighted by Gasteiger charge is -2.22. The number of ether oxygens (including phenoxy) is 1. The second-order valence-corrected chi connectivity index (χ2v) is 6.15. The molecule has 0 spiro atoms. The van der Waals surface area contributed by atoms with Crippen molar-refractivity contribution in [1.29, 1.82) is 0 Å². The lowest BCUT2D eigenvalue weighted by atomic mass is 9.96. The first-order valence-electron chi connectivity index (χ1n) is 7.01. The Kier molecular flexibility index (Phi) is 4.44. The van der Waals surface area contributed by atoms with E-state index in [2.05, 4.69) is 0 Å². The van der Waals surface area contributed by atoms with E-state index in [1.165, 1.54) is 28.0 Å². The average molecular weight is 304 g/mol. The van der Waals surface area contributed by atoms with Gasteiger partial charge in [-0.25, -0.2) is 9.18 Å². The highest BCUT2D eigenvalue weighted by atomic mass is 19.1. The van der Waals surface area contributed by atoms with Gasteiger partial charge in [0.05, 0.1) is 5.69 Å². The lowest BCUT2D eigenvalue weighted by molar-refractivity contribution is -0.155. The van der Waals surface area contributed by atoms with Gasteiger partial charge in [0.2, 0.25) is 0 Å². The van der Waals surface area contributed by atoms with Crippen LogP contribution in [0.25, 0.3) is 0 Å². The Morgan fingerprint density at radius 3 is 2.64 bits per heavy atom. The van der Waals surface area contributed by atoms with Gasteiger partial charge in [-0.3, -0.25) is 9.69 Å². The minimum absolute atomic E-state index is 0.150. The smallest absolute Gasteiger partial charge is 0.326 e. The second-order valence-electron chi connectivity index (χ2n) is 6.15. The van der Waals surface area contributed by atoms with Gasteiger partial charge >= 0.3 is 12.0 Å². The van der Waals surface area contributed by atoms with Gasteiger partial charge in [-0.2, -0.15) is 0 Å². The maximum Gasteiger partial charge on any atom is 0.326 e. The molecule has 22 heavy (non-hydrogen) atoms. The van der Waals surface area contributed by atoms with Gasteiger partial charge in [-0.05, 0) is 32.9 Å². The largest absolute Gasteiger partial charge is 0.459 e. The molecule has 0 saturated carbocycles. The lowest BCUT2D eigenvalue weighted by Crippen LogP contribution is -2.38. The van der Waals surface area contributed by atoms with E-state index in [9.17, 15) is 14.0 Å². The van der Waals surface area contributed by atoms with Crippen molar-refractivity contribution in [2.75, 3.05) is 24.5 Å². The van der Waals surface area contributed by atoms with E-state index in [-0.39, 0.29) is 12.2 Å². The Morgan fingerprint density at radius 1 is 1.36 bits per heavy atom. The number of anilines is 1. The monoisotopic (exact) mass is 304 g/mol. The maximum atomic E-state index is 13.9. The van der Waals surface area contributed by atoms with Crippen LogP contribution in [0.2, 0.25) is 0 Å². The molecule has 2 amide bonds. The zero-order chi connectivity index (χ0) is 16.5. The molecule has 7 heteroatoms. The Morgan fingerprint density at radius 2 is 2.05 bits per heavy atom. The van der Waals surface area contributed by atoms with Crippen molar-refractivity contribution in [3.8, 4) is 0 Å². The number of urea groups is 1. The van der Waals surface area contributed by atoms with Crippen LogP contribution in [0.15, 0.2) is 18.2 Å². The molecule has 1 fully saturated rings. The molecular formula is C15H18BFN2O3. The van der Waals surface area contributed by atoms with Crippen LogP contribution in [0.5, 0.6) is 0 Å². The van der Waals surface area contributed by atoms with Crippen LogP contribution < -0.4 is 10.4 Å². The van der Waals surface area contributed by atoms with Crippen LogP contribution in [0.1, 0.15) is 20.8 Å². The second kappa shape index (κ2) is 5.98. The fourth-order valence-corrected chi connectivity index (χ4v) is 2.22. The summed E-state index contributed by atoms with van der Waals surface area (Å²) in [7, 11) is 5.50. The Labute approximate surface area is 130 Å². The molecule has 1 aromatic carbocycles. The van der Waals surface area contributed by atoms with Crippen molar-refractivity contribution in [2.24, 2.45) is 0 Å². The maximum absolute atomic E-state index is 13.9. The number of esters is 1. The summed E-state index contributed by atoms with van der Waals surface area (Å²) < 4.78 is 19.1. The number of halogens is 1. The van der Waals surface area contributed by atoms with Crippen molar-refractivity contribution in [3.63, 3.8) is 0 Å². The summed E-state index contributed by atoms with van der Waals surface area (Å²) in [4.78, 5) is 26.7. The van der Waals surface area contributed by atoms with E-state index in [0.717, 1.165) is 0 Å². The average Bonchev–Trinajstić information content (AvgIpc) is 2.69. The summed E-state index contributed by atoms with van der Waals surface area (Å²) in [6, 6.07) is 3.73. The van der Waals surface area contributed by atoms with Crippen LogP contribution in [0.3, 0.4) is 0 Å². The van der Waals surface area contributed by atoms with E-state index < -0.39 is 23.4 Å². The third-order valence-corrected chi connectivity index (χ3v) is 3.10. The minimum Gasteiger partial charge on any atom is -0.459 e. The molecule has 0 atom stereocenters. The Hall–Kier alpha value is -2.05. The summed E-state index contributed by atoms with van der Waals surface area (Å²) in [6.07, 6.45) is 0. The fourth-order valence-electron chi connectivity index (χ4n) is 2.22. The minimum atomic E-state index is -0.609. The number of nitrogens with zero attached hydrogens (tertiary/aromatic N) is 2. The predicted molar refractivity (Wildman–Crippen MR) is 81.9 cm³/mol. The van der Waals surface area contributed by atoms with E-state index in [0.29, 0.717) is 18.6 Å². The highest BCUT2D eigenvalue weighted by molar-refractivity contribution is 6.32. The number of carbonyl (C=O) groups is 2. The standard InChI is InChI=1S/C15H18BFN2O3/c1-15(2,3)22-13(20)9-18-6-7-19(14(18)21)12-5-4-10(16)8-11(12)17/h4-5,8H,6-7,9H2,1-3H3. The molecule has 5 nitrogen and oxygen atoms in total. The predicted octanol–water partition coefficient (Wildman–Crippen LogP) is 1.20. The van der Waals surface area contributed by atoms with Crippen molar-refractivity contribution in [1.82, 2.24) is 4.90 Å². The van der Waals surface area contributed by atoms with Crippen LogP contribution >= 0.6 is 0 Å². The molecule has 2 radical (unpaired) electrons. The van der Waals surface area contributed by atoms with Crippen LogP contribution in [-0.2, 0) is 9.53 Å². The van der Waals surface area contributed by atoms with Crippen LogP contribution in [-0.4, -0.2) is 50.0 Å². The third kappa shape index (κ3) is 3.78. The number of carbonyl (C=O) groups excluding carboxylic acids is 2. The van der Waals surface area contributed by atoms with Gasteiger partial charge in [-0.1, -0.05) is 11.5 Å². The zero-order valence-corrected chi connectivity index (χ0v) is 12.9. The van der Waals surface area contributed by atoms with E-state index in [1.54, 1.807) is 20.8 Å². The van der Waals surface area contributed by atoms with E-state index in [4.69, 9.17) is 12.6 Å². The first kappa shape index (κ1) is 16.3. The molecule has 0 aromatic heterocycles. The molecule has 0 bridgehead atoms. The summed E-state index contributed by atoms with van der Waals surface area (Å²) >= 11 is 0. The quantitative estimate of drug-likeness (QED) is 0.623. The fraction of sp³-hybridized carbons (Fsp3) is 0.467. The highest BCUT2D eigenvalue weighted by Gasteiger charge is 2.33. The van der Waals surface area contributed by atoms with Crippen molar-refractivity contribution in [3.05, 3.63) is 24.0 Å². The van der Waals surface area contributed by atoms with Gasteiger partial charge in [-0.15, -0.1) is 0 Å². The number of hydrogen-bond donors (Lipinski definition) is 0. The van der Waals surface area contributed by atoms with Gasteiger partial charge in [0.1, 0.15) is 25.8 Å². The van der Waals surface area contributed by atoms with Gasteiger partial charge in [0, 0.05) is 13.1 Å². The number of rotatable bonds is 3. The number of hydrogen-bond acceptors (Lipinski definition) is 3. The van der Waals surface area contributed by atoms with Crippen LogP contribution in [0, 0.1) is 5.82 Å². The molecule has 0 N–H and O–H groups in total. The summed E-state index contributed by atoms with van der Waals surface area (Å²) in [5, 5.41) is 0. The van der Waals surface area contributed by atoms with Crippen molar-refractivity contribution in [2.45, 2.75) is 26.4 Å². The Balaban J connectivity index is 2.05.